The largest absolute Gasteiger partial charge is 0.459 e. The predicted octanol–water partition coefficient (Wildman–Crippen LogP) is 3.75. The molecular weight excluding hydrogens is 256 g/mol. The standard InChI is InChI=1S/C15H16N2OS/c1-9-4-3-5-11-6-14(18-15(9)11)13(16)7-12-8-19-10(2)17-12/h3-6,8,13H,7,16H2,1-2H3. The maximum Gasteiger partial charge on any atom is 0.137 e. The molecule has 0 saturated carbocycles. The Bertz CT molecular complexity index is 714. The molecule has 0 radical (unpaired) electrons. The van der Waals surface area contributed by atoms with Gasteiger partial charge >= 0.3 is 0 Å². The van der Waals surface area contributed by atoms with Crippen LogP contribution in [-0.2, 0) is 6.42 Å². The van der Waals surface area contributed by atoms with Gasteiger partial charge in [0.05, 0.1) is 16.7 Å². The summed E-state index contributed by atoms with van der Waals surface area (Å²) in [6.07, 6.45) is 0.712. The zero-order valence-electron chi connectivity index (χ0n) is 11.0. The van der Waals surface area contributed by atoms with Gasteiger partial charge in [0, 0.05) is 17.2 Å². The van der Waals surface area contributed by atoms with Gasteiger partial charge in [0.2, 0.25) is 0 Å². The van der Waals surface area contributed by atoms with E-state index in [4.69, 9.17) is 10.2 Å². The lowest BCUT2D eigenvalue weighted by Gasteiger charge is -2.05. The van der Waals surface area contributed by atoms with Crippen molar-refractivity contribution in [1.82, 2.24) is 4.98 Å². The first-order valence-corrected chi connectivity index (χ1v) is 7.17. The monoisotopic (exact) mass is 272 g/mol. The number of hydrogen-bond donors (Lipinski definition) is 1. The van der Waals surface area contributed by atoms with E-state index in [-0.39, 0.29) is 6.04 Å². The molecular formula is C15H16N2OS. The van der Waals surface area contributed by atoms with E-state index in [0.29, 0.717) is 6.42 Å². The number of nitrogens with two attached hydrogens (primary N) is 1. The fourth-order valence-electron chi connectivity index (χ4n) is 2.24. The first kappa shape index (κ1) is 12.4. The Hall–Kier alpha value is -1.65. The minimum absolute atomic E-state index is 0.145. The lowest BCUT2D eigenvalue weighted by molar-refractivity contribution is 0.491. The molecule has 0 bridgehead atoms. The van der Waals surface area contributed by atoms with Crippen LogP contribution in [0.4, 0.5) is 0 Å². The highest BCUT2D eigenvalue weighted by atomic mass is 32.1. The van der Waals surface area contributed by atoms with Gasteiger partial charge in [-0.2, -0.15) is 0 Å². The van der Waals surface area contributed by atoms with E-state index < -0.39 is 0 Å². The van der Waals surface area contributed by atoms with Gasteiger partial charge in [-0.3, -0.25) is 0 Å². The first-order chi connectivity index (χ1) is 9.13. The summed E-state index contributed by atoms with van der Waals surface area (Å²) in [5.74, 6) is 0.829. The Morgan fingerprint density at radius 1 is 1.37 bits per heavy atom. The van der Waals surface area contributed by atoms with Crippen LogP contribution in [0.25, 0.3) is 11.0 Å². The summed E-state index contributed by atoms with van der Waals surface area (Å²) in [7, 11) is 0. The van der Waals surface area contributed by atoms with E-state index in [0.717, 1.165) is 33.0 Å². The fraction of sp³-hybridized carbons (Fsp3) is 0.267. The molecule has 0 aliphatic rings. The Kier molecular flexibility index (Phi) is 3.12. The number of thiazole rings is 1. The summed E-state index contributed by atoms with van der Waals surface area (Å²) < 4.78 is 5.89. The Morgan fingerprint density at radius 2 is 2.21 bits per heavy atom. The van der Waals surface area contributed by atoms with Crippen molar-refractivity contribution in [2.45, 2.75) is 26.3 Å². The van der Waals surface area contributed by atoms with Crippen LogP contribution >= 0.6 is 11.3 Å². The maximum absolute atomic E-state index is 6.22. The molecule has 3 rings (SSSR count). The SMILES string of the molecule is Cc1nc(CC(N)c2cc3cccc(C)c3o2)cs1. The van der Waals surface area contributed by atoms with E-state index >= 15 is 0 Å². The summed E-state index contributed by atoms with van der Waals surface area (Å²) in [6, 6.07) is 8.02. The van der Waals surface area contributed by atoms with Crippen LogP contribution in [0.1, 0.15) is 28.1 Å². The molecule has 0 fully saturated rings. The van der Waals surface area contributed by atoms with Crippen LogP contribution < -0.4 is 5.73 Å². The van der Waals surface area contributed by atoms with Gasteiger partial charge in [-0.15, -0.1) is 11.3 Å². The normalized spacial score (nSPS) is 13.0. The lowest BCUT2D eigenvalue weighted by Crippen LogP contribution is -2.12. The van der Waals surface area contributed by atoms with Gasteiger partial charge in [0.15, 0.2) is 0 Å². The molecule has 19 heavy (non-hydrogen) atoms. The van der Waals surface area contributed by atoms with Crippen molar-refractivity contribution in [3.05, 3.63) is 51.7 Å². The number of aryl methyl sites for hydroxylation is 2. The maximum atomic E-state index is 6.22. The third kappa shape index (κ3) is 2.41. The van der Waals surface area contributed by atoms with Crippen molar-refractivity contribution in [2.24, 2.45) is 5.73 Å². The number of rotatable bonds is 3. The van der Waals surface area contributed by atoms with Crippen LogP contribution in [0.5, 0.6) is 0 Å². The van der Waals surface area contributed by atoms with E-state index in [1.54, 1.807) is 11.3 Å². The van der Waals surface area contributed by atoms with E-state index in [2.05, 4.69) is 16.4 Å². The molecule has 1 atom stereocenters. The van der Waals surface area contributed by atoms with E-state index in [9.17, 15) is 0 Å². The van der Waals surface area contributed by atoms with Gasteiger partial charge in [-0.25, -0.2) is 4.98 Å². The minimum atomic E-state index is -0.145. The van der Waals surface area contributed by atoms with Crippen LogP contribution in [0.3, 0.4) is 0 Å². The van der Waals surface area contributed by atoms with Gasteiger partial charge in [0.1, 0.15) is 11.3 Å². The number of hydrogen-bond acceptors (Lipinski definition) is 4. The molecule has 0 amide bonds. The van der Waals surface area contributed by atoms with Gasteiger partial charge < -0.3 is 10.2 Å². The topological polar surface area (TPSA) is 52.0 Å². The molecule has 0 saturated heterocycles. The highest BCUT2D eigenvalue weighted by Crippen LogP contribution is 2.27. The van der Waals surface area contributed by atoms with E-state index in [1.807, 2.05) is 32.0 Å². The first-order valence-electron chi connectivity index (χ1n) is 6.29. The fourth-order valence-corrected chi connectivity index (χ4v) is 2.86. The molecule has 0 aliphatic carbocycles. The van der Waals surface area contributed by atoms with Crippen LogP contribution in [0, 0.1) is 13.8 Å². The number of furan rings is 1. The molecule has 2 heterocycles. The Morgan fingerprint density at radius 3 is 2.89 bits per heavy atom. The van der Waals surface area contributed by atoms with Crippen molar-refractivity contribution < 1.29 is 4.42 Å². The molecule has 3 nitrogen and oxygen atoms in total. The summed E-state index contributed by atoms with van der Waals surface area (Å²) in [5.41, 5.74) is 9.33. The second-order valence-corrected chi connectivity index (χ2v) is 5.87. The molecule has 98 valence electrons. The van der Waals surface area contributed by atoms with Gasteiger partial charge in [-0.1, -0.05) is 18.2 Å². The molecule has 0 aliphatic heterocycles. The second kappa shape index (κ2) is 4.79. The minimum Gasteiger partial charge on any atom is -0.459 e. The molecule has 4 heteroatoms. The Labute approximate surface area is 116 Å². The van der Waals surface area contributed by atoms with Crippen molar-refractivity contribution >= 4 is 22.3 Å². The Balaban J connectivity index is 1.89. The average Bonchev–Trinajstić information content (AvgIpc) is 2.96. The van der Waals surface area contributed by atoms with Gasteiger partial charge in [0.25, 0.3) is 0 Å². The van der Waals surface area contributed by atoms with Gasteiger partial charge in [-0.05, 0) is 25.5 Å². The highest BCUT2D eigenvalue weighted by molar-refractivity contribution is 7.09. The molecule has 3 aromatic rings. The molecule has 2 N–H and O–H groups in total. The second-order valence-electron chi connectivity index (χ2n) is 4.81. The molecule has 1 aromatic carbocycles. The lowest BCUT2D eigenvalue weighted by atomic mass is 10.1. The number of benzene rings is 1. The quantitative estimate of drug-likeness (QED) is 0.790. The average molecular weight is 272 g/mol. The third-order valence-corrected chi connectivity index (χ3v) is 4.04. The van der Waals surface area contributed by atoms with Crippen molar-refractivity contribution in [3.63, 3.8) is 0 Å². The van der Waals surface area contributed by atoms with Crippen LogP contribution in [0.15, 0.2) is 34.1 Å². The summed E-state index contributed by atoms with van der Waals surface area (Å²) in [5, 5.41) is 4.24. The molecule has 1 unspecified atom stereocenters. The molecule has 0 spiro atoms. The zero-order chi connectivity index (χ0) is 13.4. The predicted molar refractivity (Wildman–Crippen MR) is 78.4 cm³/mol. The van der Waals surface area contributed by atoms with Crippen molar-refractivity contribution in [3.8, 4) is 0 Å². The number of fused-ring (bicyclic) bond motifs is 1. The smallest absolute Gasteiger partial charge is 0.137 e. The number of nitrogens with zero attached hydrogens (tertiary/aromatic N) is 1. The van der Waals surface area contributed by atoms with Crippen LogP contribution in [0.2, 0.25) is 0 Å². The third-order valence-electron chi connectivity index (χ3n) is 3.22. The van der Waals surface area contributed by atoms with Crippen molar-refractivity contribution in [1.29, 1.82) is 0 Å². The summed E-state index contributed by atoms with van der Waals surface area (Å²) in [6.45, 7) is 4.05. The zero-order valence-corrected chi connectivity index (χ0v) is 11.8. The highest BCUT2D eigenvalue weighted by Gasteiger charge is 2.14. The van der Waals surface area contributed by atoms with Crippen molar-refractivity contribution in [2.75, 3.05) is 0 Å². The number of para-hydroxylation sites is 1. The summed E-state index contributed by atoms with van der Waals surface area (Å²) >= 11 is 1.65. The molecule has 2 aromatic heterocycles. The van der Waals surface area contributed by atoms with Crippen LogP contribution in [-0.4, -0.2) is 4.98 Å². The summed E-state index contributed by atoms with van der Waals surface area (Å²) in [4.78, 5) is 4.44. The number of aromatic nitrogens is 1. The van der Waals surface area contributed by atoms with E-state index in [1.165, 1.54) is 0 Å².